The summed E-state index contributed by atoms with van der Waals surface area (Å²) in [5, 5.41) is 19.2. The van der Waals surface area contributed by atoms with Crippen molar-refractivity contribution in [3.63, 3.8) is 0 Å². The Labute approximate surface area is 210 Å². The number of aromatic hydroxyl groups is 1. The van der Waals surface area contributed by atoms with E-state index in [1.807, 2.05) is 6.07 Å². The lowest BCUT2D eigenvalue weighted by molar-refractivity contribution is 0.0526. The first kappa shape index (κ1) is 25.4. The van der Waals surface area contributed by atoms with Crippen LogP contribution in [0.2, 0.25) is 0 Å². The molecule has 0 spiro atoms. The zero-order valence-electron chi connectivity index (χ0n) is 17.9. The lowest BCUT2D eigenvalue weighted by atomic mass is 10.0. The van der Waals surface area contributed by atoms with Crippen molar-refractivity contribution in [2.75, 3.05) is 6.61 Å². The molecule has 9 heteroatoms. The molecule has 0 saturated carbocycles. The van der Waals surface area contributed by atoms with Crippen LogP contribution in [0.3, 0.4) is 0 Å². The quantitative estimate of drug-likeness (QED) is 0.223. The molecule has 172 valence electrons. The molecule has 3 rings (SSSR count). The lowest BCUT2D eigenvalue weighted by Gasteiger charge is -2.15. The second-order valence-electron chi connectivity index (χ2n) is 7.43. The zero-order chi connectivity index (χ0) is 24.2. The Hall–Kier alpha value is -2.25. The van der Waals surface area contributed by atoms with E-state index in [2.05, 4.69) is 31.9 Å². The SMILES string of the molecule is CCOC(=O)c1cccc(Cc2cc(Oc3c(Br)cc(C(C)(O)[PH+]=O)cc3Br)ccc2O)c1. The molecule has 6 nitrogen and oxygen atoms in total. The third-order valence-electron chi connectivity index (χ3n) is 4.86. The van der Waals surface area contributed by atoms with Crippen molar-refractivity contribution in [2.24, 2.45) is 0 Å². The van der Waals surface area contributed by atoms with Crippen molar-refractivity contribution in [3.05, 3.63) is 85.8 Å². The molecule has 0 fully saturated rings. The Morgan fingerprint density at radius 2 is 1.79 bits per heavy atom. The van der Waals surface area contributed by atoms with Crippen LogP contribution in [0, 0.1) is 0 Å². The predicted octanol–water partition coefficient (Wildman–Crippen LogP) is 6.67. The normalized spacial score (nSPS) is 12.9. The van der Waals surface area contributed by atoms with E-state index in [4.69, 9.17) is 9.47 Å². The van der Waals surface area contributed by atoms with Gasteiger partial charge in [-0.3, -0.25) is 0 Å². The summed E-state index contributed by atoms with van der Waals surface area (Å²) in [6, 6.07) is 15.2. The molecule has 33 heavy (non-hydrogen) atoms. The first-order valence-electron chi connectivity index (χ1n) is 10.0. The van der Waals surface area contributed by atoms with Crippen LogP contribution in [-0.2, 0) is 21.1 Å². The minimum Gasteiger partial charge on any atom is -0.508 e. The summed E-state index contributed by atoms with van der Waals surface area (Å²) in [7, 11) is -0.929. The van der Waals surface area contributed by atoms with Gasteiger partial charge in [0, 0.05) is 24.5 Å². The lowest BCUT2D eigenvalue weighted by Crippen LogP contribution is -2.12. The third kappa shape index (κ3) is 6.21. The average Bonchev–Trinajstić information content (AvgIpc) is 2.78. The van der Waals surface area contributed by atoms with Gasteiger partial charge in [-0.2, -0.15) is 0 Å². The summed E-state index contributed by atoms with van der Waals surface area (Å²) in [5.74, 6) is 0.654. The first-order chi connectivity index (χ1) is 15.6. The summed E-state index contributed by atoms with van der Waals surface area (Å²) >= 11 is 6.88. The van der Waals surface area contributed by atoms with E-state index < -0.39 is 19.8 Å². The van der Waals surface area contributed by atoms with E-state index in [1.54, 1.807) is 55.5 Å². The van der Waals surface area contributed by atoms with E-state index in [1.165, 1.54) is 6.92 Å². The van der Waals surface area contributed by atoms with Crippen molar-refractivity contribution in [1.82, 2.24) is 0 Å². The fraction of sp³-hybridized carbons (Fsp3) is 0.208. The molecule has 0 bridgehead atoms. The van der Waals surface area contributed by atoms with Crippen LogP contribution in [0.1, 0.15) is 40.9 Å². The Balaban J connectivity index is 1.87. The van der Waals surface area contributed by atoms with Crippen molar-refractivity contribution in [3.8, 4) is 17.2 Å². The van der Waals surface area contributed by atoms with Crippen LogP contribution >= 0.6 is 40.3 Å². The maximum atomic E-state index is 12.0. The van der Waals surface area contributed by atoms with Gasteiger partial charge in [0.2, 0.25) is 0 Å². The molecule has 2 unspecified atom stereocenters. The highest BCUT2D eigenvalue weighted by atomic mass is 79.9. The molecule has 3 aromatic rings. The number of hydrogen-bond donors (Lipinski definition) is 2. The molecule has 3 aromatic carbocycles. The maximum Gasteiger partial charge on any atom is 0.364 e. The highest BCUT2D eigenvalue weighted by Crippen LogP contribution is 2.43. The fourth-order valence-electron chi connectivity index (χ4n) is 3.12. The van der Waals surface area contributed by atoms with Gasteiger partial charge >= 0.3 is 14.4 Å². The molecule has 0 amide bonds. The van der Waals surface area contributed by atoms with E-state index in [9.17, 15) is 19.6 Å². The second-order valence-corrected chi connectivity index (χ2v) is 10.3. The predicted molar refractivity (Wildman–Crippen MR) is 134 cm³/mol. The number of rotatable bonds is 8. The average molecular weight is 597 g/mol. The summed E-state index contributed by atoms with van der Waals surface area (Å²) in [4.78, 5) is 12.0. The first-order valence-corrected chi connectivity index (χ1v) is 12.5. The number of aliphatic hydroxyl groups is 1. The van der Waals surface area contributed by atoms with Crippen LogP contribution in [0.4, 0.5) is 0 Å². The van der Waals surface area contributed by atoms with E-state index in [0.29, 0.717) is 50.2 Å². The standard InChI is InChI=1S/C24H21Br2O6P/c1-3-31-23(28)15-6-4-5-14(9-15)10-16-11-18(7-8-21(16)27)32-22-19(25)12-17(13-20(22)26)24(2,29)33-30/h4-9,11-13,27,29H,3,10H2,1-2H3/p+1. The summed E-state index contributed by atoms with van der Waals surface area (Å²) in [6.07, 6.45) is 0.380. The van der Waals surface area contributed by atoms with Gasteiger partial charge in [-0.1, -0.05) is 16.7 Å². The monoisotopic (exact) mass is 595 g/mol. The largest absolute Gasteiger partial charge is 0.508 e. The Morgan fingerprint density at radius 3 is 2.42 bits per heavy atom. The Bertz CT molecular complexity index is 1170. The number of carbonyl (C=O) groups is 1. The molecular formula is C24H22Br2O6P+. The van der Waals surface area contributed by atoms with Gasteiger partial charge in [-0.15, -0.1) is 0 Å². The smallest absolute Gasteiger partial charge is 0.364 e. The van der Waals surface area contributed by atoms with Gasteiger partial charge in [-0.05, 0) is 86.8 Å². The minimum absolute atomic E-state index is 0.102. The molecule has 0 radical (unpaired) electrons. The van der Waals surface area contributed by atoms with Crippen molar-refractivity contribution >= 4 is 46.3 Å². The van der Waals surface area contributed by atoms with E-state index in [0.717, 1.165) is 5.56 Å². The number of esters is 1. The van der Waals surface area contributed by atoms with E-state index >= 15 is 0 Å². The third-order valence-corrected chi connectivity index (χ3v) is 6.73. The summed E-state index contributed by atoms with van der Waals surface area (Å²) < 4.78 is 23.5. The van der Waals surface area contributed by atoms with Gasteiger partial charge in [0.15, 0.2) is 5.75 Å². The molecule has 2 N–H and O–H groups in total. The van der Waals surface area contributed by atoms with Gasteiger partial charge in [0.25, 0.3) is 5.34 Å². The second kappa shape index (κ2) is 10.8. The number of benzene rings is 3. The summed E-state index contributed by atoms with van der Waals surface area (Å²) in [6.45, 7) is 3.52. The number of ether oxygens (including phenoxy) is 2. The molecule has 0 aliphatic rings. The van der Waals surface area contributed by atoms with Gasteiger partial charge in [-0.25, -0.2) is 4.79 Å². The molecular weight excluding hydrogens is 575 g/mol. The topological polar surface area (TPSA) is 93.1 Å². The minimum atomic E-state index is -1.48. The van der Waals surface area contributed by atoms with E-state index in [-0.39, 0.29) is 5.75 Å². The van der Waals surface area contributed by atoms with Gasteiger partial charge in [0.1, 0.15) is 11.5 Å². The van der Waals surface area contributed by atoms with Crippen molar-refractivity contribution in [2.45, 2.75) is 25.6 Å². The van der Waals surface area contributed by atoms with Crippen molar-refractivity contribution in [1.29, 1.82) is 0 Å². The molecule has 0 heterocycles. The molecule has 2 atom stereocenters. The molecule has 0 aromatic heterocycles. The number of phenolic OH excluding ortho intramolecular Hbond substituents is 1. The number of carbonyl (C=O) groups excluding carboxylic acids is 1. The number of hydrogen-bond acceptors (Lipinski definition) is 6. The highest BCUT2D eigenvalue weighted by Gasteiger charge is 2.33. The van der Waals surface area contributed by atoms with Crippen LogP contribution in [-0.4, -0.2) is 22.8 Å². The molecule has 0 aliphatic carbocycles. The molecule has 0 saturated heterocycles. The van der Waals surface area contributed by atoms with Crippen molar-refractivity contribution < 1.29 is 29.0 Å². The van der Waals surface area contributed by atoms with Gasteiger partial charge in [0.05, 0.1) is 21.1 Å². The number of halogens is 2. The van der Waals surface area contributed by atoms with Crippen LogP contribution in [0.25, 0.3) is 0 Å². The Kier molecular flexibility index (Phi) is 8.29. The van der Waals surface area contributed by atoms with Crippen LogP contribution in [0.15, 0.2) is 63.5 Å². The van der Waals surface area contributed by atoms with Crippen LogP contribution < -0.4 is 4.74 Å². The fourth-order valence-corrected chi connectivity index (χ4v) is 4.74. The van der Waals surface area contributed by atoms with Gasteiger partial charge < -0.3 is 19.7 Å². The summed E-state index contributed by atoms with van der Waals surface area (Å²) in [5.41, 5.74) is 2.37. The van der Waals surface area contributed by atoms with Crippen LogP contribution in [0.5, 0.6) is 17.2 Å². The maximum absolute atomic E-state index is 12.0. The molecule has 0 aliphatic heterocycles. The highest BCUT2D eigenvalue weighted by molar-refractivity contribution is 9.11. The Morgan fingerprint density at radius 1 is 1.09 bits per heavy atom. The number of phenols is 1. The zero-order valence-corrected chi connectivity index (χ0v) is 22.1.